The second kappa shape index (κ2) is 4.47. The third-order valence-corrected chi connectivity index (χ3v) is 2.25. The van der Waals surface area contributed by atoms with Gasteiger partial charge in [0.15, 0.2) is 0 Å². The number of methoxy groups -OCH3 is 1. The van der Waals surface area contributed by atoms with E-state index in [2.05, 4.69) is 9.72 Å². The number of aromatic nitrogens is 1. The number of nitriles is 1. The minimum absolute atomic E-state index is 0.0116. The molecule has 1 aromatic heterocycles. The molecule has 0 spiro atoms. The maximum atomic E-state index is 11.1. The number of esters is 1. The number of hydrogen-bond donors (Lipinski definition) is 1. The number of aromatic amines is 1. The molecule has 0 aliphatic heterocycles. The summed E-state index contributed by atoms with van der Waals surface area (Å²) in [5.74, 6) is -0.621. The third kappa shape index (κ3) is 2.26. The monoisotopic (exact) mass is 204 g/mol. The molecule has 1 N–H and O–H groups in total. The summed E-state index contributed by atoms with van der Waals surface area (Å²) in [5, 5.41) is 8.75. The fraction of sp³-hybridized carbons (Fsp3) is 0.273. The first-order chi connectivity index (χ1) is 7.10. The summed E-state index contributed by atoms with van der Waals surface area (Å²) in [4.78, 5) is 14.1. The van der Waals surface area contributed by atoms with Gasteiger partial charge in [-0.3, -0.25) is 0 Å². The minimum atomic E-state index is -0.621. The Morgan fingerprint density at radius 3 is 2.67 bits per heavy atom. The standard InChI is InChI=1S/C11H12N2O2/c1-7-6-13-10(8(7)2)4-9(5-12)11(14)15-3/h4,6,13H,1-3H3/b9-4-. The summed E-state index contributed by atoms with van der Waals surface area (Å²) < 4.78 is 4.48. The Labute approximate surface area is 88.2 Å². The van der Waals surface area contributed by atoms with Crippen LogP contribution in [0.3, 0.4) is 0 Å². The lowest BCUT2D eigenvalue weighted by molar-refractivity contribution is -0.135. The Bertz CT molecular complexity index is 450. The number of carbonyl (C=O) groups is 1. The topological polar surface area (TPSA) is 65.9 Å². The zero-order valence-corrected chi connectivity index (χ0v) is 8.92. The van der Waals surface area contributed by atoms with Gasteiger partial charge in [0.1, 0.15) is 11.6 Å². The van der Waals surface area contributed by atoms with Crippen LogP contribution in [0.5, 0.6) is 0 Å². The Morgan fingerprint density at radius 2 is 2.27 bits per heavy atom. The van der Waals surface area contributed by atoms with Gasteiger partial charge in [-0.15, -0.1) is 0 Å². The Hall–Kier alpha value is -2.02. The molecule has 15 heavy (non-hydrogen) atoms. The molecule has 0 aliphatic carbocycles. The summed E-state index contributed by atoms with van der Waals surface area (Å²) in [6.07, 6.45) is 3.32. The quantitative estimate of drug-likeness (QED) is 0.453. The van der Waals surface area contributed by atoms with Crippen molar-refractivity contribution in [2.45, 2.75) is 13.8 Å². The van der Waals surface area contributed by atoms with E-state index < -0.39 is 5.97 Å². The number of ether oxygens (including phenoxy) is 1. The van der Waals surface area contributed by atoms with E-state index in [1.165, 1.54) is 13.2 Å². The van der Waals surface area contributed by atoms with Crippen LogP contribution in [0, 0.1) is 25.2 Å². The first kappa shape index (κ1) is 11.1. The summed E-state index contributed by atoms with van der Waals surface area (Å²) in [5.41, 5.74) is 2.85. The normalized spacial score (nSPS) is 10.9. The molecule has 0 unspecified atom stereocenters. The SMILES string of the molecule is COC(=O)/C(C#N)=C\c1[nH]cc(C)c1C. The molecule has 0 saturated heterocycles. The maximum absolute atomic E-state index is 11.1. The van der Waals surface area contributed by atoms with Gasteiger partial charge in [-0.1, -0.05) is 0 Å². The van der Waals surface area contributed by atoms with E-state index in [-0.39, 0.29) is 5.57 Å². The van der Waals surface area contributed by atoms with Crippen LogP contribution in [0.1, 0.15) is 16.8 Å². The second-order valence-electron chi connectivity index (χ2n) is 3.17. The van der Waals surface area contributed by atoms with Gasteiger partial charge in [0, 0.05) is 11.9 Å². The number of rotatable bonds is 2. The van der Waals surface area contributed by atoms with Crippen LogP contribution >= 0.6 is 0 Å². The molecule has 1 aromatic rings. The molecule has 0 saturated carbocycles. The predicted octanol–water partition coefficient (Wildman–Crippen LogP) is 1.71. The molecule has 0 aliphatic rings. The number of nitrogens with one attached hydrogen (secondary N) is 1. The molecule has 0 atom stereocenters. The van der Waals surface area contributed by atoms with E-state index >= 15 is 0 Å². The van der Waals surface area contributed by atoms with Gasteiger partial charge in [-0.25, -0.2) is 4.79 Å². The summed E-state index contributed by atoms with van der Waals surface area (Å²) >= 11 is 0. The van der Waals surface area contributed by atoms with Crippen molar-refractivity contribution in [1.29, 1.82) is 5.26 Å². The molecule has 4 heteroatoms. The highest BCUT2D eigenvalue weighted by molar-refractivity contribution is 5.97. The average Bonchev–Trinajstić information content (AvgIpc) is 2.56. The predicted molar refractivity (Wildman–Crippen MR) is 55.9 cm³/mol. The molecule has 0 bridgehead atoms. The van der Waals surface area contributed by atoms with Crippen LogP contribution in [-0.2, 0) is 9.53 Å². The van der Waals surface area contributed by atoms with Crippen molar-refractivity contribution in [3.63, 3.8) is 0 Å². The van der Waals surface area contributed by atoms with Crippen molar-refractivity contribution in [1.82, 2.24) is 4.98 Å². The van der Waals surface area contributed by atoms with Crippen LogP contribution in [0.2, 0.25) is 0 Å². The van der Waals surface area contributed by atoms with Crippen molar-refractivity contribution in [2.75, 3.05) is 7.11 Å². The molecule has 0 fully saturated rings. The summed E-state index contributed by atoms with van der Waals surface area (Å²) in [7, 11) is 1.25. The first-order valence-corrected chi connectivity index (χ1v) is 4.44. The number of carbonyl (C=O) groups excluding carboxylic acids is 1. The minimum Gasteiger partial charge on any atom is -0.465 e. The lowest BCUT2D eigenvalue weighted by Gasteiger charge is -1.96. The van der Waals surface area contributed by atoms with Crippen LogP contribution in [0.15, 0.2) is 11.8 Å². The maximum Gasteiger partial charge on any atom is 0.348 e. The van der Waals surface area contributed by atoms with Gasteiger partial charge in [-0.2, -0.15) is 5.26 Å². The lowest BCUT2D eigenvalue weighted by Crippen LogP contribution is -2.02. The highest BCUT2D eigenvalue weighted by atomic mass is 16.5. The van der Waals surface area contributed by atoms with Gasteiger partial charge in [0.2, 0.25) is 0 Å². The molecular weight excluding hydrogens is 192 g/mol. The summed E-state index contributed by atoms with van der Waals surface area (Å²) in [6.45, 7) is 3.87. The van der Waals surface area contributed by atoms with E-state index in [0.29, 0.717) is 0 Å². The van der Waals surface area contributed by atoms with E-state index in [1.807, 2.05) is 20.0 Å². The Balaban J connectivity index is 3.10. The Kier molecular flexibility index (Phi) is 3.29. The highest BCUT2D eigenvalue weighted by Gasteiger charge is 2.10. The average molecular weight is 204 g/mol. The van der Waals surface area contributed by atoms with Crippen molar-refractivity contribution in [3.05, 3.63) is 28.6 Å². The molecule has 1 rings (SSSR count). The van der Waals surface area contributed by atoms with E-state index in [4.69, 9.17) is 5.26 Å². The zero-order valence-electron chi connectivity index (χ0n) is 8.92. The molecule has 4 nitrogen and oxygen atoms in total. The highest BCUT2D eigenvalue weighted by Crippen LogP contribution is 2.15. The van der Waals surface area contributed by atoms with Gasteiger partial charge in [0.25, 0.3) is 0 Å². The van der Waals surface area contributed by atoms with E-state index in [1.54, 1.807) is 6.07 Å². The van der Waals surface area contributed by atoms with Gasteiger partial charge < -0.3 is 9.72 Å². The largest absolute Gasteiger partial charge is 0.465 e. The number of H-pyrrole nitrogens is 1. The fourth-order valence-corrected chi connectivity index (χ4v) is 1.16. The van der Waals surface area contributed by atoms with Crippen LogP contribution in [-0.4, -0.2) is 18.1 Å². The molecule has 78 valence electrons. The molecule has 0 radical (unpaired) electrons. The third-order valence-electron chi connectivity index (χ3n) is 2.25. The first-order valence-electron chi connectivity index (χ1n) is 4.44. The molecule has 1 heterocycles. The Morgan fingerprint density at radius 1 is 1.60 bits per heavy atom. The van der Waals surface area contributed by atoms with E-state index in [0.717, 1.165) is 16.8 Å². The van der Waals surface area contributed by atoms with Crippen molar-refractivity contribution in [3.8, 4) is 6.07 Å². The molecule has 0 aromatic carbocycles. The smallest absolute Gasteiger partial charge is 0.348 e. The van der Waals surface area contributed by atoms with Gasteiger partial charge >= 0.3 is 5.97 Å². The molecule has 0 amide bonds. The van der Waals surface area contributed by atoms with Crippen molar-refractivity contribution in [2.24, 2.45) is 0 Å². The number of aryl methyl sites for hydroxylation is 1. The fourth-order valence-electron chi connectivity index (χ4n) is 1.16. The van der Waals surface area contributed by atoms with Crippen LogP contribution < -0.4 is 0 Å². The van der Waals surface area contributed by atoms with Crippen LogP contribution in [0.4, 0.5) is 0 Å². The lowest BCUT2D eigenvalue weighted by atomic mass is 10.1. The zero-order chi connectivity index (χ0) is 11.4. The second-order valence-corrected chi connectivity index (χ2v) is 3.17. The van der Waals surface area contributed by atoms with E-state index in [9.17, 15) is 4.79 Å². The molecular formula is C11H12N2O2. The van der Waals surface area contributed by atoms with Gasteiger partial charge in [0.05, 0.1) is 7.11 Å². The van der Waals surface area contributed by atoms with Crippen molar-refractivity contribution < 1.29 is 9.53 Å². The number of hydrogen-bond acceptors (Lipinski definition) is 3. The van der Waals surface area contributed by atoms with Crippen molar-refractivity contribution >= 4 is 12.0 Å². The van der Waals surface area contributed by atoms with Crippen LogP contribution in [0.25, 0.3) is 6.08 Å². The number of nitrogens with zero attached hydrogens (tertiary/aromatic N) is 1. The van der Waals surface area contributed by atoms with Gasteiger partial charge in [-0.05, 0) is 31.1 Å². The summed E-state index contributed by atoms with van der Waals surface area (Å²) in [6, 6.07) is 1.80.